The fourth-order valence-electron chi connectivity index (χ4n) is 4.07. The van der Waals surface area contributed by atoms with Crippen LogP contribution in [0.15, 0.2) is 53.9 Å². The van der Waals surface area contributed by atoms with Gasteiger partial charge in [0.25, 0.3) is 11.8 Å². The molecular weight excluding hydrogens is 491 g/mol. The Labute approximate surface area is 210 Å². The van der Waals surface area contributed by atoms with E-state index in [0.29, 0.717) is 23.6 Å². The van der Waals surface area contributed by atoms with Crippen molar-refractivity contribution in [3.63, 3.8) is 0 Å². The number of alkyl halides is 3. The maximum absolute atomic E-state index is 13.0. The van der Waals surface area contributed by atoms with E-state index < -0.39 is 23.7 Å². The maximum atomic E-state index is 13.0. The van der Waals surface area contributed by atoms with Gasteiger partial charge in [-0.1, -0.05) is 36.6 Å². The standard InChI is InChI=1S/C26H26F3N3O3S/c1-16-9-11-19(12-10-16)35-14-23-30-22(15-36-23)25(34)32-21-8-3-2-7-20(21)31-24(33)17-5-4-6-18(13-17)26(27,28)29/h4-6,9-13,15,20-21H,2-3,7-8,14H2,1H3,(H,31,33)(H,32,34). The Kier molecular flexibility index (Phi) is 7.93. The number of aromatic nitrogens is 1. The molecule has 2 aromatic carbocycles. The fraction of sp³-hybridized carbons (Fsp3) is 0.346. The first-order valence-corrected chi connectivity index (χ1v) is 12.5. The van der Waals surface area contributed by atoms with E-state index in [9.17, 15) is 22.8 Å². The van der Waals surface area contributed by atoms with Crippen molar-refractivity contribution in [3.8, 4) is 5.75 Å². The molecule has 2 unspecified atom stereocenters. The molecule has 2 N–H and O–H groups in total. The quantitative estimate of drug-likeness (QED) is 0.433. The van der Waals surface area contributed by atoms with Crippen molar-refractivity contribution < 1.29 is 27.5 Å². The van der Waals surface area contributed by atoms with Crippen LogP contribution < -0.4 is 15.4 Å². The molecule has 0 spiro atoms. The molecule has 0 bridgehead atoms. The van der Waals surface area contributed by atoms with Crippen molar-refractivity contribution >= 4 is 23.2 Å². The fourth-order valence-corrected chi connectivity index (χ4v) is 4.75. The van der Waals surface area contributed by atoms with Crippen LogP contribution in [0.3, 0.4) is 0 Å². The van der Waals surface area contributed by atoms with Crippen molar-refractivity contribution in [1.29, 1.82) is 0 Å². The molecule has 1 aliphatic rings. The summed E-state index contributed by atoms with van der Waals surface area (Å²) in [6.07, 6.45) is -1.56. The van der Waals surface area contributed by atoms with Gasteiger partial charge in [0.05, 0.1) is 5.56 Å². The lowest BCUT2D eigenvalue weighted by atomic mass is 9.90. The summed E-state index contributed by atoms with van der Waals surface area (Å²) in [5.74, 6) is -0.252. The number of carbonyl (C=O) groups is 2. The Morgan fingerprint density at radius 3 is 2.36 bits per heavy atom. The Morgan fingerprint density at radius 2 is 1.69 bits per heavy atom. The smallest absolute Gasteiger partial charge is 0.416 e. The van der Waals surface area contributed by atoms with Gasteiger partial charge in [-0.25, -0.2) is 4.98 Å². The minimum absolute atomic E-state index is 0.0711. The number of hydrogen-bond donors (Lipinski definition) is 2. The van der Waals surface area contributed by atoms with Gasteiger partial charge in [0, 0.05) is 23.0 Å². The van der Waals surface area contributed by atoms with Gasteiger partial charge in [0.15, 0.2) is 0 Å². The molecule has 4 rings (SSSR count). The van der Waals surface area contributed by atoms with Gasteiger partial charge < -0.3 is 15.4 Å². The van der Waals surface area contributed by atoms with E-state index in [2.05, 4.69) is 15.6 Å². The molecule has 190 valence electrons. The number of amides is 2. The Balaban J connectivity index is 1.35. The largest absolute Gasteiger partial charge is 0.486 e. The first-order chi connectivity index (χ1) is 17.2. The van der Waals surface area contributed by atoms with Gasteiger partial charge in [-0.05, 0) is 50.1 Å². The molecule has 1 heterocycles. The zero-order valence-corrected chi connectivity index (χ0v) is 20.4. The van der Waals surface area contributed by atoms with Crippen LogP contribution >= 0.6 is 11.3 Å². The molecule has 10 heteroatoms. The molecule has 1 fully saturated rings. The zero-order valence-electron chi connectivity index (χ0n) is 19.6. The van der Waals surface area contributed by atoms with Crippen LogP contribution in [-0.4, -0.2) is 28.9 Å². The van der Waals surface area contributed by atoms with Gasteiger partial charge in [0.2, 0.25) is 0 Å². The van der Waals surface area contributed by atoms with Crippen LogP contribution in [0.25, 0.3) is 0 Å². The number of halogens is 3. The lowest BCUT2D eigenvalue weighted by Crippen LogP contribution is -2.53. The maximum Gasteiger partial charge on any atom is 0.416 e. The van der Waals surface area contributed by atoms with Crippen LogP contribution in [0, 0.1) is 6.92 Å². The van der Waals surface area contributed by atoms with E-state index in [0.717, 1.165) is 30.5 Å². The highest BCUT2D eigenvalue weighted by atomic mass is 32.1. The molecule has 0 aliphatic heterocycles. The third kappa shape index (κ3) is 6.63. The normalized spacial score (nSPS) is 17.9. The van der Waals surface area contributed by atoms with Crippen molar-refractivity contribution in [2.75, 3.05) is 0 Å². The van der Waals surface area contributed by atoms with Crippen LogP contribution in [0.2, 0.25) is 0 Å². The minimum atomic E-state index is -4.53. The highest BCUT2D eigenvalue weighted by molar-refractivity contribution is 7.09. The molecule has 1 aromatic heterocycles. The summed E-state index contributed by atoms with van der Waals surface area (Å²) in [6, 6.07) is 11.2. The molecule has 36 heavy (non-hydrogen) atoms. The molecule has 1 saturated carbocycles. The summed E-state index contributed by atoms with van der Waals surface area (Å²) >= 11 is 1.32. The average molecular weight is 518 g/mol. The highest BCUT2D eigenvalue weighted by Crippen LogP contribution is 2.29. The summed E-state index contributed by atoms with van der Waals surface area (Å²) in [7, 11) is 0. The topological polar surface area (TPSA) is 80.3 Å². The molecule has 0 saturated heterocycles. The monoisotopic (exact) mass is 517 g/mol. The number of hydrogen-bond acceptors (Lipinski definition) is 5. The van der Waals surface area contributed by atoms with Crippen LogP contribution in [0.1, 0.15) is 62.7 Å². The summed E-state index contributed by atoms with van der Waals surface area (Å²) in [6.45, 7) is 2.23. The Hall–Kier alpha value is -3.40. The second-order valence-electron chi connectivity index (χ2n) is 8.75. The first kappa shape index (κ1) is 25.7. The molecule has 2 atom stereocenters. The summed E-state index contributed by atoms with van der Waals surface area (Å²) in [5.41, 5.74) is 0.436. The highest BCUT2D eigenvalue weighted by Gasteiger charge is 2.32. The van der Waals surface area contributed by atoms with Gasteiger partial charge in [-0.15, -0.1) is 11.3 Å². The molecule has 2 amide bonds. The third-order valence-corrected chi connectivity index (χ3v) is 6.84. The lowest BCUT2D eigenvalue weighted by molar-refractivity contribution is -0.137. The van der Waals surface area contributed by atoms with Crippen LogP contribution in [0.4, 0.5) is 13.2 Å². The lowest BCUT2D eigenvalue weighted by Gasteiger charge is -2.32. The van der Waals surface area contributed by atoms with Crippen molar-refractivity contribution in [2.24, 2.45) is 0 Å². The van der Waals surface area contributed by atoms with E-state index in [4.69, 9.17) is 4.74 Å². The molecule has 3 aromatic rings. The van der Waals surface area contributed by atoms with Crippen LogP contribution in [-0.2, 0) is 12.8 Å². The SMILES string of the molecule is Cc1ccc(OCc2nc(C(=O)NC3CCCCC3NC(=O)c3cccc(C(F)(F)F)c3)cs2)cc1. The Bertz CT molecular complexity index is 1210. The van der Waals surface area contributed by atoms with E-state index in [1.165, 1.54) is 23.5 Å². The summed E-state index contributed by atoms with van der Waals surface area (Å²) < 4.78 is 44.8. The van der Waals surface area contributed by atoms with Gasteiger partial charge in [-0.3, -0.25) is 9.59 Å². The molecular formula is C26H26F3N3O3S. The Morgan fingerprint density at radius 1 is 1.03 bits per heavy atom. The van der Waals surface area contributed by atoms with Gasteiger partial charge in [-0.2, -0.15) is 13.2 Å². The second-order valence-corrected chi connectivity index (χ2v) is 9.69. The van der Waals surface area contributed by atoms with Crippen molar-refractivity contribution in [2.45, 2.75) is 57.5 Å². The predicted octanol–water partition coefficient (Wildman–Crippen LogP) is 5.52. The van der Waals surface area contributed by atoms with Crippen molar-refractivity contribution in [1.82, 2.24) is 15.6 Å². The predicted molar refractivity (Wildman–Crippen MR) is 130 cm³/mol. The number of thiazole rings is 1. The van der Waals surface area contributed by atoms with Gasteiger partial charge in [0.1, 0.15) is 23.1 Å². The minimum Gasteiger partial charge on any atom is -0.486 e. The number of ether oxygens (including phenoxy) is 1. The number of nitrogens with zero attached hydrogens (tertiary/aromatic N) is 1. The molecule has 0 radical (unpaired) electrons. The molecule has 6 nitrogen and oxygen atoms in total. The van der Waals surface area contributed by atoms with Crippen LogP contribution in [0.5, 0.6) is 5.75 Å². The van der Waals surface area contributed by atoms with E-state index in [-0.39, 0.29) is 29.8 Å². The zero-order chi connectivity index (χ0) is 25.7. The average Bonchev–Trinajstić information content (AvgIpc) is 3.34. The van der Waals surface area contributed by atoms with Gasteiger partial charge >= 0.3 is 6.18 Å². The second kappa shape index (κ2) is 11.1. The van der Waals surface area contributed by atoms with E-state index in [1.807, 2.05) is 31.2 Å². The number of rotatable bonds is 7. The number of carbonyl (C=O) groups excluding carboxylic acids is 2. The summed E-state index contributed by atoms with van der Waals surface area (Å²) in [5, 5.41) is 8.06. The van der Waals surface area contributed by atoms with E-state index >= 15 is 0 Å². The number of nitrogens with one attached hydrogen (secondary N) is 2. The number of aryl methyl sites for hydroxylation is 1. The summed E-state index contributed by atoms with van der Waals surface area (Å²) in [4.78, 5) is 29.9. The number of benzene rings is 2. The molecule has 1 aliphatic carbocycles. The van der Waals surface area contributed by atoms with Crippen molar-refractivity contribution in [3.05, 3.63) is 81.3 Å². The third-order valence-electron chi connectivity index (χ3n) is 6.02. The van der Waals surface area contributed by atoms with E-state index in [1.54, 1.807) is 5.38 Å². The first-order valence-electron chi connectivity index (χ1n) is 11.6.